The molecule has 1 aliphatic rings. The molecule has 8 heteroatoms. The third-order valence-corrected chi connectivity index (χ3v) is 7.02. The van der Waals surface area contributed by atoms with Crippen LogP contribution in [-0.4, -0.2) is 38.5 Å². The Kier molecular flexibility index (Phi) is 6.91. The van der Waals surface area contributed by atoms with Crippen LogP contribution in [-0.2, 0) is 17.6 Å². The molecule has 1 aromatic carbocycles. The van der Waals surface area contributed by atoms with Gasteiger partial charge in [-0.1, -0.05) is 0 Å². The van der Waals surface area contributed by atoms with Crippen molar-refractivity contribution in [2.45, 2.75) is 39.0 Å². The summed E-state index contributed by atoms with van der Waals surface area (Å²) in [7, 11) is 1.64. The molecule has 0 saturated carbocycles. The Hall–Kier alpha value is -2.71. The number of rotatable bonds is 9. The van der Waals surface area contributed by atoms with Gasteiger partial charge in [-0.25, -0.2) is 4.39 Å². The van der Waals surface area contributed by atoms with E-state index < -0.39 is 0 Å². The van der Waals surface area contributed by atoms with Crippen molar-refractivity contribution in [2.24, 2.45) is 0 Å². The molecule has 0 fully saturated rings. The Bertz CT molecular complexity index is 1150. The van der Waals surface area contributed by atoms with E-state index in [4.69, 9.17) is 9.15 Å². The highest BCUT2D eigenvalue weighted by Gasteiger charge is 2.26. The number of methoxy groups -OCH3 is 1. The lowest BCUT2D eigenvalue weighted by atomic mass is 9.95. The number of carbonyl (C=O) groups excluding carboxylic acids is 2. The molecule has 0 spiro atoms. The van der Waals surface area contributed by atoms with Crippen molar-refractivity contribution in [3.05, 3.63) is 51.3 Å². The first-order chi connectivity index (χ1) is 15.5. The van der Waals surface area contributed by atoms with Gasteiger partial charge >= 0.3 is 0 Å². The van der Waals surface area contributed by atoms with E-state index in [0.717, 1.165) is 37.7 Å². The maximum atomic E-state index is 13.6. The molecule has 32 heavy (non-hydrogen) atoms. The Balaban J connectivity index is 1.52. The smallest absolute Gasteiger partial charge is 0.254 e. The number of fused-ring (bicyclic) bond motifs is 2. The van der Waals surface area contributed by atoms with Crippen molar-refractivity contribution in [3.8, 4) is 0 Å². The van der Waals surface area contributed by atoms with Crippen molar-refractivity contribution >= 4 is 39.0 Å². The van der Waals surface area contributed by atoms with E-state index in [9.17, 15) is 14.0 Å². The normalized spacial score (nSPS) is 13.2. The number of benzene rings is 1. The van der Waals surface area contributed by atoms with Crippen LogP contribution in [0.25, 0.3) is 11.0 Å². The van der Waals surface area contributed by atoms with E-state index in [0.29, 0.717) is 40.2 Å². The van der Waals surface area contributed by atoms with Crippen LogP contribution < -0.4 is 10.6 Å². The Morgan fingerprint density at radius 2 is 2.06 bits per heavy atom. The van der Waals surface area contributed by atoms with Gasteiger partial charge in [0.2, 0.25) is 5.78 Å². The molecule has 3 aromatic rings. The monoisotopic (exact) mass is 458 g/mol. The van der Waals surface area contributed by atoms with Crippen LogP contribution in [0.1, 0.15) is 56.2 Å². The van der Waals surface area contributed by atoms with Crippen LogP contribution >= 0.6 is 11.3 Å². The van der Waals surface area contributed by atoms with Gasteiger partial charge in [-0.2, -0.15) is 0 Å². The van der Waals surface area contributed by atoms with Crippen LogP contribution in [0.3, 0.4) is 0 Å². The highest BCUT2D eigenvalue weighted by atomic mass is 32.1. The molecule has 2 N–H and O–H groups in total. The number of ether oxygens (including phenoxy) is 1. The second kappa shape index (κ2) is 9.83. The molecule has 6 nitrogen and oxygen atoms in total. The van der Waals surface area contributed by atoms with E-state index in [1.165, 1.54) is 23.1 Å². The number of halogens is 1. The molecule has 0 aliphatic heterocycles. The van der Waals surface area contributed by atoms with Crippen molar-refractivity contribution in [1.29, 1.82) is 0 Å². The number of anilines is 1. The van der Waals surface area contributed by atoms with Gasteiger partial charge in [-0.15, -0.1) is 11.3 Å². The zero-order chi connectivity index (χ0) is 22.7. The zero-order valence-electron chi connectivity index (χ0n) is 18.3. The van der Waals surface area contributed by atoms with E-state index in [1.54, 1.807) is 25.4 Å². The first kappa shape index (κ1) is 22.5. The van der Waals surface area contributed by atoms with Gasteiger partial charge in [0, 0.05) is 36.1 Å². The first-order valence-corrected chi connectivity index (χ1v) is 11.7. The van der Waals surface area contributed by atoms with Crippen molar-refractivity contribution in [1.82, 2.24) is 5.32 Å². The van der Waals surface area contributed by atoms with E-state index in [2.05, 4.69) is 10.6 Å². The number of nitrogens with one attached hydrogen (secondary N) is 2. The average Bonchev–Trinajstić information content (AvgIpc) is 3.32. The van der Waals surface area contributed by atoms with Gasteiger partial charge in [-0.05, 0) is 62.8 Å². The van der Waals surface area contributed by atoms with E-state index in [1.807, 2.05) is 0 Å². The summed E-state index contributed by atoms with van der Waals surface area (Å²) in [6.07, 6.45) is 4.72. The number of carbonyl (C=O) groups is 2. The summed E-state index contributed by atoms with van der Waals surface area (Å²) in [5.41, 5.74) is 2.84. The molecule has 0 saturated heterocycles. The summed E-state index contributed by atoms with van der Waals surface area (Å²) < 4.78 is 24.3. The molecule has 2 heterocycles. The number of hydrogen-bond acceptors (Lipinski definition) is 6. The molecule has 0 unspecified atom stereocenters. The van der Waals surface area contributed by atoms with Crippen LogP contribution in [0, 0.1) is 12.7 Å². The predicted octanol–water partition coefficient (Wildman–Crippen LogP) is 4.88. The molecule has 0 atom stereocenters. The maximum absolute atomic E-state index is 13.6. The van der Waals surface area contributed by atoms with Gasteiger partial charge in [0.05, 0.1) is 12.1 Å². The van der Waals surface area contributed by atoms with Crippen LogP contribution in [0.5, 0.6) is 0 Å². The topological polar surface area (TPSA) is 80.6 Å². The number of thiophene rings is 1. The fourth-order valence-electron chi connectivity index (χ4n) is 4.14. The van der Waals surface area contributed by atoms with Gasteiger partial charge < -0.3 is 19.8 Å². The van der Waals surface area contributed by atoms with Gasteiger partial charge in [0.1, 0.15) is 16.4 Å². The lowest BCUT2D eigenvalue weighted by molar-refractivity contribution is 0.0945. The number of aryl methyl sites for hydroxylation is 2. The summed E-state index contributed by atoms with van der Waals surface area (Å²) >= 11 is 1.55. The van der Waals surface area contributed by atoms with Crippen LogP contribution in [0.15, 0.2) is 22.6 Å². The molecule has 2 aromatic heterocycles. The molecular formula is C24H27FN2O4S. The van der Waals surface area contributed by atoms with E-state index >= 15 is 0 Å². The quantitative estimate of drug-likeness (QED) is 0.353. The number of hydrogen-bond donors (Lipinski definition) is 2. The minimum absolute atomic E-state index is 0.00745. The molecule has 0 radical (unpaired) electrons. The van der Waals surface area contributed by atoms with Gasteiger partial charge in [0.25, 0.3) is 5.91 Å². The summed E-state index contributed by atoms with van der Waals surface area (Å²) in [6.45, 7) is 2.86. The summed E-state index contributed by atoms with van der Waals surface area (Å²) in [5.74, 6) is -0.517. The van der Waals surface area contributed by atoms with Crippen molar-refractivity contribution in [3.63, 3.8) is 0 Å². The highest BCUT2D eigenvalue weighted by molar-refractivity contribution is 7.16. The average molecular weight is 459 g/mol. The van der Waals surface area contributed by atoms with Crippen molar-refractivity contribution < 1.29 is 23.1 Å². The summed E-state index contributed by atoms with van der Waals surface area (Å²) in [4.78, 5) is 27.1. The molecule has 170 valence electrons. The molecule has 0 bridgehead atoms. The SMILES string of the molecule is COCCCNC(=O)c1c(NCC(=O)c2oc3ccc(F)cc3c2C)sc2c1CCCC2. The molecule has 1 amide bonds. The number of ketones is 1. The Morgan fingerprint density at radius 3 is 2.88 bits per heavy atom. The lowest BCUT2D eigenvalue weighted by Crippen LogP contribution is -2.27. The third kappa shape index (κ3) is 4.56. The third-order valence-electron chi connectivity index (χ3n) is 5.77. The predicted molar refractivity (Wildman–Crippen MR) is 124 cm³/mol. The van der Waals surface area contributed by atoms with Gasteiger partial charge in [-0.3, -0.25) is 9.59 Å². The highest BCUT2D eigenvalue weighted by Crippen LogP contribution is 2.38. The largest absolute Gasteiger partial charge is 0.453 e. The minimum Gasteiger partial charge on any atom is -0.453 e. The zero-order valence-corrected chi connectivity index (χ0v) is 19.1. The Labute approximate surface area is 190 Å². The lowest BCUT2D eigenvalue weighted by Gasteiger charge is -2.13. The molecular weight excluding hydrogens is 431 g/mol. The van der Waals surface area contributed by atoms with Crippen LogP contribution in [0.2, 0.25) is 0 Å². The maximum Gasteiger partial charge on any atom is 0.254 e. The number of furan rings is 1. The van der Waals surface area contributed by atoms with Gasteiger partial charge in [0.15, 0.2) is 5.76 Å². The van der Waals surface area contributed by atoms with Crippen LogP contribution in [0.4, 0.5) is 9.39 Å². The van der Waals surface area contributed by atoms with Crippen molar-refractivity contribution in [2.75, 3.05) is 32.1 Å². The summed E-state index contributed by atoms with van der Waals surface area (Å²) in [5, 5.41) is 7.46. The summed E-state index contributed by atoms with van der Waals surface area (Å²) in [6, 6.07) is 4.21. The number of amides is 1. The van der Waals surface area contributed by atoms with E-state index in [-0.39, 0.29) is 29.8 Å². The second-order valence-corrected chi connectivity index (χ2v) is 9.10. The first-order valence-electron chi connectivity index (χ1n) is 10.9. The molecule has 1 aliphatic carbocycles. The standard InChI is InChI=1S/C24H27FN2O4S/c1-14-17-12-15(25)8-9-19(17)31-22(14)18(28)13-27-24-21(23(29)26-10-5-11-30-2)16-6-3-4-7-20(16)32-24/h8-9,12,27H,3-7,10-11,13H2,1-2H3,(H,26,29). The fraction of sp³-hybridized carbons (Fsp3) is 0.417. The minimum atomic E-state index is -0.371. The number of Topliss-reactive ketones (excluding diaryl/α,β-unsaturated/α-hetero) is 1. The fourth-order valence-corrected chi connectivity index (χ4v) is 5.42. The Morgan fingerprint density at radius 1 is 1.25 bits per heavy atom. The second-order valence-electron chi connectivity index (χ2n) is 7.99. The molecule has 4 rings (SSSR count).